The molecule has 0 bridgehead atoms. The molecule has 1 atom stereocenters. The molecule has 2 heterocycles. The summed E-state index contributed by atoms with van der Waals surface area (Å²) in [6.45, 7) is 0.637. The van der Waals surface area contributed by atoms with Crippen LogP contribution in [0.3, 0.4) is 0 Å². The summed E-state index contributed by atoms with van der Waals surface area (Å²) >= 11 is 0. The zero-order valence-corrected chi connectivity index (χ0v) is 20.2. The molecular weight excluding hydrogens is 470 g/mol. The van der Waals surface area contributed by atoms with Gasteiger partial charge in [0.15, 0.2) is 5.78 Å². The molecule has 182 valence electrons. The fourth-order valence-corrected chi connectivity index (χ4v) is 4.83. The second kappa shape index (κ2) is 10.6. The molecule has 4 nitrogen and oxygen atoms in total. The third-order valence-electron chi connectivity index (χ3n) is 6.64. The zero-order chi connectivity index (χ0) is 23.7. The fraction of sp³-hybridized carbons (Fsp3) is 0.250. The first-order valence-electron chi connectivity index (χ1n) is 11.5. The lowest BCUT2D eigenvalue weighted by Crippen LogP contribution is -2.35. The van der Waals surface area contributed by atoms with E-state index >= 15 is 0 Å². The molecule has 3 aromatic carbocycles. The number of carbonyl (C=O) groups excluding carboxylic acids is 1. The van der Waals surface area contributed by atoms with Gasteiger partial charge in [-0.3, -0.25) is 4.79 Å². The Balaban J connectivity index is 0.00000289. The lowest BCUT2D eigenvalue weighted by molar-refractivity contribution is 0.0978. The standard InChI is InChI=1S/C28H26F2N2O2.ClH/c1-34-21-11-7-17(8-12-21)22-13-14-24(30)28-27(22)23-16-31-20(15-25(23)32-28)3-2-4-26(33)18-5-9-19(29)10-6-18;/h5-14,20,31-32H,2-4,15-16H2,1H3;1H. The maximum atomic E-state index is 14.7. The van der Waals surface area contributed by atoms with Gasteiger partial charge in [0, 0.05) is 42.1 Å². The first kappa shape index (κ1) is 24.9. The van der Waals surface area contributed by atoms with E-state index in [0.717, 1.165) is 52.8 Å². The van der Waals surface area contributed by atoms with Gasteiger partial charge in [0.25, 0.3) is 0 Å². The molecule has 0 amide bonds. The largest absolute Gasteiger partial charge is 0.497 e. The molecule has 1 aliphatic rings. The van der Waals surface area contributed by atoms with Crippen LogP contribution in [0.5, 0.6) is 5.75 Å². The molecule has 1 aromatic heterocycles. The summed E-state index contributed by atoms with van der Waals surface area (Å²) < 4.78 is 33.1. The maximum Gasteiger partial charge on any atom is 0.162 e. The Bertz CT molecular complexity index is 1330. The van der Waals surface area contributed by atoms with E-state index in [1.54, 1.807) is 7.11 Å². The summed E-state index contributed by atoms with van der Waals surface area (Å²) in [6.07, 6.45) is 2.72. The highest BCUT2D eigenvalue weighted by atomic mass is 35.5. The first-order valence-corrected chi connectivity index (χ1v) is 11.5. The number of aromatic nitrogens is 1. The lowest BCUT2D eigenvalue weighted by atomic mass is 9.93. The molecule has 1 aliphatic heterocycles. The van der Waals surface area contributed by atoms with E-state index in [2.05, 4.69) is 10.3 Å². The number of aromatic amines is 1. The predicted molar refractivity (Wildman–Crippen MR) is 136 cm³/mol. The Hall–Kier alpha value is -3.22. The molecule has 0 fully saturated rings. The minimum Gasteiger partial charge on any atom is -0.497 e. The number of hydrogen-bond donors (Lipinski definition) is 2. The van der Waals surface area contributed by atoms with Gasteiger partial charge in [-0.2, -0.15) is 0 Å². The second-order valence-corrected chi connectivity index (χ2v) is 8.76. The molecule has 2 N–H and O–H groups in total. The molecule has 0 saturated carbocycles. The highest BCUT2D eigenvalue weighted by molar-refractivity contribution is 5.99. The minimum absolute atomic E-state index is 0. The van der Waals surface area contributed by atoms with Crippen LogP contribution >= 0.6 is 12.4 Å². The molecule has 5 rings (SSSR count). The van der Waals surface area contributed by atoms with Crippen molar-refractivity contribution in [3.63, 3.8) is 0 Å². The number of ether oxygens (including phenoxy) is 1. The molecule has 0 spiro atoms. The van der Waals surface area contributed by atoms with Gasteiger partial charge in [0.2, 0.25) is 0 Å². The fourth-order valence-electron chi connectivity index (χ4n) is 4.83. The summed E-state index contributed by atoms with van der Waals surface area (Å²) in [7, 11) is 1.63. The normalized spacial score (nSPS) is 14.9. The average Bonchev–Trinajstić information content (AvgIpc) is 3.24. The van der Waals surface area contributed by atoms with Gasteiger partial charge in [0.05, 0.1) is 12.6 Å². The predicted octanol–water partition coefficient (Wildman–Crippen LogP) is 6.61. The van der Waals surface area contributed by atoms with Crippen LogP contribution in [0.15, 0.2) is 60.7 Å². The van der Waals surface area contributed by atoms with Crippen molar-refractivity contribution in [1.29, 1.82) is 0 Å². The van der Waals surface area contributed by atoms with Gasteiger partial charge in [-0.1, -0.05) is 18.2 Å². The maximum absolute atomic E-state index is 14.7. The van der Waals surface area contributed by atoms with Crippen molar-refractivity contribution in [2.45, 2.75) is 38.3 Å². The summed E-state index contributed by atoms with van der Waals surface area (Å²) in [5.41, 5.74) is 5.21. The van der Waals surface area contributed by atoms with Gasteiger partial charge in [-0.25, -0.2) is 8.78 Å². The topological polar surface area (TPSA) is 54.1 Å². The van der Waals surface area contributed by atoms with Crippen LogP contribution in [0.4, 0.5) is 8.78 Å². The quantitative estimate of drug-likeness (QED) is 0.283. The van der Waals surface area contributed by atoms with E-state index in [1.807, 2.05) is 30.3 Å². The number of H-pyrrole nitrogens is 1. The number of nitrogens with one attached hydrogen (secondary N) is 2. The van der Waals surface area contributed by atoms with Crippen LogP contribution in [0.25, 0.3) is 22.0 Å². The second-order valence-electron chi connectivity index (χ2n) is 8.76. The van der Waals surface area contributed by atoms with Crippen molar-refractivity contribution in [3.05, 3.63) is 89.1 Å². The number of rotatable bonds is 7. The number of ketones is 1. The Morgan fingerprint density at radius 2 is 1.77 bits per heavy atom. The highest BCUT2D eigenvalue weighted by Gasteiger charge is 2.25. The minimum atomic E-state index is -0.344. The Kier molecular flexibility index (Phi) is 7.53. The van der Waals surface area contributed by atoms with E-state index < -0.39 is 0 Å². The number of methoxy groups -OCH3 is 1. The monoisotopic (exact) mass is 496 g/mol. The van der Waals surface area contributed by atoms with Gasteiger partial charge < -0.3 is 15.0 Å². The van der Waals surface area contributed by atoms with Crippen LogP contribution < -0.4 is 10.1 Å². The highest BCUT2D eigenvalue weighted by Crippen LogP contribution is 2.37. The molecule has 4 aromatic rings. The number of fused-ring (bicyclic) bond motifs is 3. The van der Waals surface area contributed by atoms with E-state index in [9.17, 15) is 13.6 Å². The molecule has 0 saturated heterocycles. The van der Waals surface area contributed by atoms with Crippen LogP contribution in [0.1, 0.15) is 40.9 Å². The zero-order valence-electron chi connectivity index (χ0n) is 19.4. The van der Waals surface area contributed by atoms with E-state index in [1.165, 1.54) is 30.3 Å². The summed E-state index contributed by atoms with van der Waals surface area (Å²) in [6, 6.07) is 17.0. The average molecular weight is 497 g/mol. The summed E-state index contributed by atoms with van der Waals surface area (Å²) in [4.78, 5) is 15.7. The summed E-state index contributed by atoms with van der Waals surface area (Å²) in [5.74, 6) is 0.195. The van der Waals surface area contributed by atoms with E-state index in [0.29, 0.717) is 24.0 Å². The number of carbonyl (C=O) groups is 1. The van der Waals surface area contributed by atoms with Crippen LogP contribution in [-0.4, -0.2) is 23.9 Å². The third kappa shape index (κ3) is 5.09. The SMILES string of the molecule is COc1ccc(-c2ccc(F)c3[nH]c4c(c23)CNC(CCCC(=O)c2ccc(F)cc2)C4)cc1.Cl. The molecule has 35 heavy (non-hydrogen) atoms. The van der Waals surface area contributed by atoms with Crippen LogP contribution in [0, 0.1) is 11.6 Å². The van der Waals surface area contributed by atoms with Gasteiger partial charge in [0.1, 0.15) is 17.4 Å². The molecule has 7 heteroatoms. The lowest BCUT2D eigenvalue weighted by Gasteiger charge is -2.24. The van der Waals surface area contributed by atoms with Crippen molar-refractivity contribution in [2.24, 2.45) is 0 Å². The number of halogens is 3. The Morgan fingerprint density at radius 3 is 2.49 bits per heavy atom. The molecule has 1 unspecified atom stereocenters. The van der Waals surface area contributed by atoms with Crippen molar-refractivity contribution in [1.82, 2.24) is 10.3 Å². The van der Waals surface area contributed by atoms with Crippen LogP contribution in [-0.2, 0) is 13.0 Å². The van der Waals surface area contributed by atoms with Gasteiger partial charge in [-0.05, 0) is 72.0 Å². The van der Waals surface area contributed by atoms with Crippen molar-refractivity contribution in [2.75, 3.05) is 7.11 Å². The van der Waals surface area contributed by atoms with E-state index in [4.69, 9.17) is 4.74 Å². The third-order valence-corrected chi connectivity index (χ3v) is 6.64. The first-order chi connectivity index (χ1) is 16.5. The van der Waals surface area contributed by atoms with Crippen molar-refractivity contribution in [3.8, 4) is 16.9 Å². The van der Waals surface area contributed by atoms with Gasteiger partial charge >= 0.3 is 0 Å². The number of hydrogen-bond acceptors (Lipinski definition) is 3. The molecule has 0 radical (unpaired) electrons. The van der Waals surface area contributed by atoms with Crippen molar-refractivity contribution >= 4 is 29.1 Å². The van der Waals surface area contributed by atoms with Gasteiger partial charge in [-0.15, -0.1) is 12.4 Å². The van der Waals surface area contributed by atoms with Crippen LogP contribution in [0.2, 0.25) is 0 Å². The van der Waals surface area contributed by atoms with Crippen molar-refractivity contribution < 1.29 is 18.3 Å². The Labute approximate surface area is 209 Å². The van der Waals surface area contributed by atoms with E-state index in [-0.39, 0.29) is 35.9 Å². The molecule has 0 aliphatic carbocycles. The Morgan fingerprint density at radius 1 is 1.03 bits per heavy atom. The number of Topliss-reactive ketones (excluding diaryl/α,β-unsaturated/α-hetero) is 1. The molecular formula is C28H27ClF2N2O2. The number of benzene rings is 3. The summed E-state index contributed by atoms with van der Waals surface area (Å²) in [5, 5.41) is 4.48. The smallest absolute Gasteiger partial charge is 0.162 e.